The first-order valence-corrected chi connectivity index (χ1v) is 5.49. The molecule has 0 aliphatic carbocycles. The van der Waals surface area contributed by atoms with Crippen LogP contribution < -0.4 is 0 Å². The van der Waals surface area contributed by atoms with Crippen LogP contribution in [0.5, 0.6) is 0 Å². The number of rotatable bonds is 3. The van der Waals surface area contributed by atoms with E-state index in [1.807, 2.05) is 24.3 Å². The van der Waals surface area contributed by atoms with E-state index in [0.29, 0.717) is 6.61 Å². The zero-order valence-corrected chi connectivity index (χ0v) is 9.59. The molecule has 0 unspecified atom stereocenters. The lowest BCUT2D eigenvalue weighted by Gasteiger charge is -2.01. The Morgan fingerprint density at radius 3 is 3.12 bits per heavy atom. The van der Waals surface area contributed by atoms with E-state index >= 15 is 0 Å². The van der Waals surface area contributed by atoms with Crippen LogP contribution in [0.2, 0.25) is 0 Å². The van der Waals surface area contributed by atoms with E-state index < -0.39 is 0 Å². The normalized spacial score (nSPS) is 10.9. The second-order valence-corrected chi connectivity index (χ2v) is 3.53. The summed E-state index contributed by atoms with van der Waals surface area (Å²) in [6, 6.07) is 7.85. The van der Waals surface area contributed by atoms with Crippen LogP contribution >= 0.6 is 0 Å². The van der Waals surface area contributed by atoms with Crippen LogP contribution in [0.4, 0.5) is 0 Å². The highest BCUT2D eigenvalue weighted by molar-refractivity contribution is 5.94. The molecule has 3 heteroatoms. The Morgan fingerprint density at radius 1 is 1.41 bits per heavy atom. The van der Waals surface area contributed by atoms with E-state index in [4.69, 9.17) is 4.74 Å². The predicted molar refractivity (Wildman–Crippen MR) is 67.4 cm³/mol. The van der Waals surface area contributed by atoms with Crippen LogP contribution in [0.3, 0.4) is 0 Å². The Morgan fingerprint density at radius 2 is 2.29 bits per heavy atom. The Hall–Kier alpha value is -2.16. The monoisotopic (exact) mass is 227 g/mol. The van der Waals surface area contributed by atoms with Gasteiger partial charge in [0, 0.05) is 23.9 Å². The van der Waals surface area contributed by atoms with Crippen molar-refractivity contribution in [2.45, 2.75) is 6.92 Å². The first kappa shape index (κ1) is 11.3. The summed E-state index contributed by atoms with van der Waals surface area (Å²) in [5.74, 6) is -0.326. The molecule has 0 atom stereocenters. The zero-order chi connectivity index (χ0) is 12.1. The molecule has 1 heterocycles. The van der Waals surface area contributed by atoms with E-state index in [1.165, 1.54) is 6.08 Å². The smallest absolute Gasteiger partial charge is 0.330 e. The summed E-state index contributed by atoms with van der Waals surface area (Å²) in [7, 11) is 0. The van der Waals surface area contributed by atoms with Crippen molar-refractivity contribution in [2.75, 3.05) is 6.61 Å². The molecule has 0 saturated carbocycles. The third-order valence-corrected chi connectivity index (χ3v) is 2.40. The SMILES string of the molecule is CCOC(=O)C=Cc1cccc2ccncc12. The zero-order valence-electron chi connectivity index (χ0n) is 9.59. The lowest BCUT2D eigenvalue weighted by Crippen LogP contribution is -1.98. The number of esters is 1. The van der Waals surface area contributed by atoms with Gasteiger partial charge in [-0.2, -0.15) is 0 Å². The van der Waals surface area contributed by atoms with Crippen molar-refractivity contribution in [3.05, 3.63) is 48.3 Å². The molecule has 0 radical (unpaired) electrons. The van der Waals surface area contributed by atoms with Crippen LogP contribution in [0, 0.1) is 0 Å². The van der Waals surface area contributed by atoms with Crippen molar-refractivity contribution >= 4 is 22.8 Å². The van der Waals surface area contributed by atoms with E-state index in [-0.39, 0.29) is 5.97 Å². The molecule has 0 spiro atoms. The number of ether oxygens (including phenoxy) is 1. The maximum absolute atomic E-state index is 11.2. The fourth-order valence-corrected chi connectivity index (χ4v) is 1.63. The number of carbonyl (C=O) groups excluding carboxylic acids is 1. The quantitative estimate of drug-likeness (QED) is 0.598. The number of hydrogen-bond acceptors (Lipinski definition) is 3. The number of benzene rings is 1. The van der Waals surface area contributed by atoms with Gasteiger partial charge < -0.3 is 4.74 Å². The molecule has 3 nitrogen and oxygen atoms in total. The van der Waals surface area contributed by atoms with Crippen LogP contribution in [0.1, 0.15) is 12.5 Å². The van der Waals surface area contributed by atoms with Crippen molar-refractivity contribution in [3.8, 4) is 0 Å². The summed E-state index contributed by atoms with van der Waals surface area (Å²) in [4.78, 5) is 15.3. The third-order valence-electron chi connectivity index (χ3n) is 2.40. The van der Waals surface area contributed by atoms with Gasteiger partial charge in [0.1, 0.15) is 0 Å². The molecule has 0 N–H and O–H groups in total. The van der Waals surface area contributed by atoms with Crippen molar-refractivity contribution in [1.82, 2.24) is 4.98 Å². The molecule has 0 amide bonds. The summed E-state index contributed by atoms with van der Waals surface area (Å²) in [5.41, 5.74) is 0.962. The fraction of sp³-hybridized carbons (Fsp3) is 0.143. The van der Waals surface area contributed by atoms with Crippen LogP contribution in [0.15, 0.2) is 42.7 Å². The average Bonchev–Trinajstić information content (AvgIpc) is 2.36. The molecule has 86 valence electrons. The fourth-order valence-electron chi connectivity index (χ4n) is 1.63. The van der Waals surface area contributed by atoms with Gasteiger partial charge in [-0.25, -0.2) is 4.79 Å². The van der Waals surface area contributed by atoms with Gasteiger partial charge in [-0.1, -0.05) is 18.2 Å². The number of pyridine rings is 1. The van der Waals surface area contributed by atoms with Gasteiger partial charge in [0.05, 0.1) is 6.61 Å². The second-order valence-electron chi connectivity index (χ2n) is 3.53. The van der Waals surface area contributed by atoms with Gasteiger partial charge in [-0.15, -0.1) is 0 Å². The first-order valence-electron chi connectivity index (χ1n) is 5.49. The Balaban J connectivity index is 2.33. The van der Waals surface area contributed by atoms with Crippen LogP contribution in [0.25, 0.3) is 16.8 Å². The van der Waals surface area contributed by atoms with Gasteiger partial charge in [-0.05, 0) is 30.0 Å². The van der Waals surface area contributed by atoms with Crippen molar-refractivity contribution in [2.24, 2.45) is 0 Å². The number of aromatic nitrogens is 1. The van der Waals surface area contributed by atoms with E-state index in [0.717, 1.165) is 16.3 Å². The highest BCUT2D eigenvalue weighted by Crippen LogP contribution is 2.18. The lowest BCUT2D eigenvalue weighted by molar-refractivity contribution is -0.137. The summed E-state index contributed by atoms with van der Waals surface area (Å²) < 4.78 is 4.83. The molecule has 2 rings (SSSR count). The number of fused-ring (bicyclic) bond motifs is 1. The lowest BCUT2D eigenvalue weighted by atomic mass is 10.1. The van der Waals surface area contributed by atoms with E-state index in [1.54, 1.807) is 25.4 Å². The molecule has 0 bridgehead atoms. The molecule has 2 aromatic rings. The number of hydrogen-bond donors (Lipinski definition) is 0. The van der Waals surface area contributed by atoms with E-state index in [9.17, 15) is 4.79 Å². The minimum absolute atomic E-state index is 0.326. The van der Waals surface area contributed by atoms with Crippen molar-refractivity contribution in [3.63, 3.8) is 0 Å². The average molecular weight is 227 g/mol. The van der Waals surface area contributed by atoms with Gasteiger partial charge >= 0.3 is 5.97 Å². The molecular formula is C14H13NO2. The summed E-state index contributed by atoms with van der Waals surface area (Å²) >= 11 is 0. The molecule has 0 saturated heterocycles. The Bertz CT molecular complexity index is 556. The van der Waals surface area contributed by atoms with Gasteiger partial charge in [0.25, 0.3) is 0 Å². The summed E-state index contributed by atoms with van der Waals surface area (Å²) in [6.45, 7) is 2.17. The largest absolute Gasteiger partial charge is 0.463 e. The molecule has 0 aliphatic heterocycles. The van der Waals surface area contributed by atoms with E-state index in [2.05, 4.69) is 4.98 Å². The molecule has 1 aromatic carbocycles. The molecular weight excluding hydrogens is 214 g/mol. The highest BCUT2D eigenvalue weighted by Gasteiger charge is 1.98. The highest BCUT2D eigenvalue weighted by atomic mass is 16.5. The molecule has 0 fully saturated rings. The van der Waals surface area contributed by atoms with Gasteiger partial charge in [0.2, 0.25) is 0 Å². The minimum Gasteiger partial charge on any atom is -0.463 e. The van der Waals surface area contributed by atoms with Crippen LogP contribution in [-0.2, 0) is 9.53 Å². The maximum atomic E-state index is 11.2. The first-order chi connectivity index (χ1) is 8.31. The van der Waals surface area contributed by atoms with Crippen LogP contribution in [-0.4, -0.2) is 17.6 Å². The topological polar surface area (TPSA) is 39.2 Å². The third kappa shape index (κ3) is 2.69. The van der Waals surface area contributed by atoms with Crippen molar-refractivity contribution < 1.29 is 9.53 Å². The van der Waals surface area contributed by atoms with Gasteiger partial charge in [0.15, 0.2) is 0 Å². The molecule has 17 heavy (non-hydrogen) atoms. The number of nitrogens with zero attached hydrogens (tertiary/aromatic N) is 1. The Labute approximate surface area is 99.7 Å². The summed E-state index contributed by atoms with van der Waals surface area (Å²) in [5, 5.41) is 2.13. The Kier molecular flexibility index (Phi) is 3.50. The maximum Gasteiger partial charge on any atom is 0.330 e. The predicted octanol–water partition coefficient (Wildman–Crippen LogP) is 2.81. The second kappa shape index (κ2) is 5.25. The number of carbonyl (C=O) groups is 1. The van der Waals surface area contributed by atoms with Crippen molar-refractivity contribution in [1.29, 1.82) is 0 Å². The molecule has 1 aromatic heterocycles. The minimum atomic E-state index is -0.326. The molecule has 0 aliphatic rings. The standard InChI is InChI=1S/C14H13NO2/c1-2-17-14(16)7-6-11-4-3-5-12-8-9-15-10-13(11)12/h3-10H,2H2,1H3. The summed E-state index contributed by atoms with van der Waals surface area (Å²) in [6.07, 6.45) is 6.73. The van der Waals surface area contributed by atoms with Gasteiger partial charge in [-0.3, -0.25) is 4.98 Å².